The van der Waals surface area contributed by atoms with Crippen LogP contribution in [-0.2, 0) is 18.9 Å². The lowest BCUT2D eigenvalue weighted by Gasteiger charge is -2.10. The molecule has 1 fully saturated rings. The van der Waals surface area contributed by atoms with Gasteiger partial charge in [-0.25, -0.2) is 0 Å². The van der Waals surface area contributed by atoms with Gasteiger partial charge in [0.25, 0.3) is 0 Å². The van der Waals surface area contributed by atoms with E-state index in [1.807, 2.05) is 0 Å². The van der Waals surface area contributed by atoms with Gasteiger partial charge in [0.2, 0.25) is 0 Å². The lowest BCUT2D eigenvalue weighted by atomic mass is 10.2. The van der Waals surface area contributed by atoms with Gasteiger partial charge < -0.3 is 24.1 Å². The van der Waals surface area contributed by atoms with E-state index >= 15 is 0 Å². The summed E-state index contributed by atoms with van der Waals surface area (Å²) in [7, 11) is 0. The predicted octanol–water partition coefficient (Wildman–Crippen LogP) is 0.208. The van der Waals surface area contributed by atoms with E-state index in [4.69, 9.17) is 24.1 Å². The highest BCUT2D eigenvalue weighted by Gasteiger charge is 2.14. The Hall–Kier alpha value is -0.200. The van der Waals surface area contributed by atoms with Crippen molar-refractivity contribution >= 4 is 0 Å². The van der Waals surface area contributed by atoms with Crippen molar-refractivity contribution in [3.05, 3.63) is 0 Å². The highest BCUT2D eigenvalue weighted by Crippen LogP contribution is 2.11. The van der Waals surface area contributed by atoms with Crippen LogP contribution >= 0.6 is 0 Å². The minimum absolute atomic E-state index is 0.0600. The average Bonchev–Trinajstić information content (AvgIpc) is 2.80. The molecule has 96 valence electrons. The van der Waals surface area contributed by atoms with Crippen molar-refractivity contribution in [2.75, 3.05) is 52.9 Å². The van der Waals surface area contributed by atoms with E-state index in [0.29, 0.717) is 39.6 Å². The minimum atomic E-state index is 0.0600. The molecule has 1 atom stereocenters. The van der Waals surface area contributed by atoms with E-state index in [-0.39, 0.29) is 12.7 Å². The van der Waals surface area contributed by atoms with Gasteiger partial charge in [0.15, 0.2) is 0 Å². The molecule has 5 heteroatoms. The van der Waals surface area contributed by atoms with Crippen LogP contribution in [0.15, 0.2) is 0 Å². The van der Waals surface area contributed by atoms with Crippen molar-refractivity contribution < 1.29 is 24.1 Å². The number of ether oxygens (including phenoxy) is 4. The summed E-state index contributed by atoms with van der Waals surface area (Å²) in [5, 5.41) is 8.45. The molecule has 0 aliphatic carbocycles. The summed E-state index contributed by atoms with van der Waals surface area (Å²) >= 11 is 0. The molecule has 0 radical (unpaired) electrons. The zero-order valence-corrected chi connectivity index (χ0v) is 9.73. The average molecular weight is 234 g/mol. The Morgan fingerprint density at radius 2 is 1.69 bits per heavy atom. The molecule has 0 aromatic rings. The van der Waals surface area contributed by atoms with Gasteiger partial charge in [-0.05, 0) is 12.8 Å². The van der Waals surface area contributed by atoms with Crippen molar-refractivity contribution in [1.29, 1.82) is 0 Å². The van der Waals surface area contributed by atoms with Crippen LogP contribution in [0.1, 0.15) is 12.8 Å². The second-order valence-corrected chi connectivity index (χ2v) is 3.66. The second-order valence-electron chi connectivity index (χ2n) is 3.66. The van der Waals surface area contributed by atoms with Gasteiger partial charge in [-0.15, -0.1) is 0 Å². The fourth-order valence-corrected chi connectivity index (χ4v) is 1.49. The van der Waals surface area contributed by atoms with E-state index in [9.17, 15) is 0 Å². The van der Waals surface area contributed by atoms with Gasteiger partial charge in [-0.3, -0.25) is 0 Å². The summed E-state index contributed by atoms with van der Waals surface area (Å²) in [6.07, 6.45) is 2.54. The molecule has 1 saturated heterocycles. The van der Waals surface area contributed by atoms with Crippen LogP contribution in [0, 0.1) is 0 Å². The summed E-state index contributed by atoms with van der Waals surface area (Å²) in [5.41, 5.74) is 0. The van der Waals surface area contributed by atoms with Gasteiger partial charge in [0, 0.05) is 6.61 Å². The molecule has 1 heterocycles. The standard InChI is InChI=1S/C11H22O5/c12-3-5-13-6-7-14-8-9-15-10-11-2-1-4-16-11/h11-12H,1-10H2. The first-order valence-electron chi connectivity index (χ1n) is 5.89. The maximum absolute atomic E-state index is 8.45. The van der Waals surface area contributed by atoms with Crippen LogP contribution in [0.5, 0.6) is 0 Å². The summed E-state index contributed by atoms with van der Waals surface area (Å²) < 4.78 is 21.1. The van der Waals surface area contributed by atoms with Crippen LogP contribution < -0.4 is 0 Å². The van der Waals surface area contributed by atoms with Gasteiger partial charge in [0.05, 0.1) is 52.4 Å². The van der Waals surface area contributed by atoms with Crippen LogP contribution in [0.4, 0.5) is 0 Å². The van der Waals surface area contributed by atoms with Crippen molar-refractivity contribution in [3.63, 3.8) is 0 Å². The molecule has 1 rings (SSSR count). The first-order chi connectivity index (χ1) is 7.93. The van der Waals surface area contributed by atoms with Crippen LogP contribution in [0.2, 0.25) is 0 Å². The van der Waals surface area contributed by atoms with E-state index in [1.165, 1.54) is 0 Å². The Morgan fingerprint density at radius 1 is 1.00 bits per heavy atom. The fraction of sp³-hybridized carbons (Fsp3) is 1.00. The number of rotatable bonds is 10. The van der Waals surface area contributed by atoms with Crippen LogP contribution in [-0.4, -0.2) is 64.1 Å². The molecule has 0 aromatic heterocycles. The predicted molar refractivity (Wildman–Crippen MR) is 58.5 cm³/mol. The van der Waals surface area contributed by atoms with Gasteiger partial charge in [-0.1, -0.05) is 0 Å². The van der Waals surface area contributed by atoms with Gasteiger partial charge in [0.1, 0.15) is 0 Å². The Bertz CT molecular complexity index is 147. The van der Waals surface area contributed by atoms with Crippen molar-refractivity contribution in [1.82, 2.24) is 0 Å². The zero-order chi connectivity index (χ0) is 11.5. The lowest BCUT2D eigenvalue weighted by molar-refractivity contribution is -0.0189. The normalized spacial score (nSPS) is 20.4. The molecule has 0 amide bonds. The zero-order valence-electron chi connectivity index (χ0n) is 9.73. The number of hydrogen-bond donors (Lipinski definition) is 1. The molecule has 16 heavy (non-hydrogen) atoms. The molecule has 1 aliphatic heterocycles. The third-order valence-electron chi connectivity index (χ3n) is 2.31. The smallest absolute Gasteiger partial charge is 0.0809 e. The van der Waals surface area contributed by atoms with Crippen molar-refractivity contribution in [3.8, 4) is 0 Å². The Kier molecular flexibility index (Phi) is 8.65. The molecule has 0 saturated carbocycles. The molecular weight excluding hydrogens is 212 g/mol. The number of aliphatic hydroxyl groups excluding tert-OH is 1. The molecule has 0 bridgehead atoms. The molecule has 0 aromatic carbocycles. The van der Waals surface area contributed by atoms with E-state index < -0.39 is 0 Å². The lowest BCUT2D eigenvalue weighted by Crippen LogP contribution is -2.17. The molecule has 1 N–H and O–H groups in total. The molecule has 1 aliphatic rings. The second kappa shape index (κ2) is 9.99. The highest BCUT2D eigenvalue weighted by molar-refractivity contribution is 4.63. The number of hydrogen-bond acceptors (Lipinski definition) is 5. The van der Waals surface area contributed by atoms with Crippen LogP contribution in [0.3, 0.4) is 0 Å². The van der Waals surface area contributed by atoms with Crippen LogP contribution in [0.25, 0.3) is 0 Å². The maximum atomic E-state index is 8.45. The summed E-state index contributed by atoms with van der Waals surface area (Å²) in [6, 6.07) is 0. The third-order valence-corrected chi connectivity index (χ3v) is 2.31. The van der Waals surface area contributed by atoms with Crippen molar-refractivity contribution in [2.45, 2.75) is 18.9 Å². The Balaban J connectivity index is 1.71. The third kappa shape index (κ3) is 7.14. The minimum Gasteiger partial charge on any atom is -0.394 e. The number of aliphatic hydroxyl groups is 1. The summed E-state index contributed by atoms with van der Waals surface area (Å²) in [4.78, 5) is 0. The monoisotopic (exact) mass is 234 g/mol. The fourth-order valence-electron chi connectivity index (χ4n) is 1.49. The molecule has 5 nitrogen and oxygen atoms in total. The van der Waals surface area contributed by atoms with E-state index in [0.717, 1.165) is 19.4 Å². The Labute approximate surface area is 96.6 Å². The first-order valence-corrected chi connectivity index (χ1v) is 5.89. The SMILES string of the molecule is OCCOCCOCCOCC1CCCO1. The van der Waals surface area contributed by atoms with Gasteiger partial charge >= 0.3 is 0 Å². The van der Waals surface area contributed by atoms with E-state index in [1.54, 1.807) is 0 Å². The van der Waals surface area contributed by atoms with Crippen molar-refractivity contribution in [2.24, 2.45) is 0 Å². The molecule has 1 unspecified atom stereocenters. The summed E-state index contributed by atoms with van der Waals surface area (Å²) in [6.45, 7) is 4.21. The quantitative estimate of drug-likeness (QED) is 0.547. The molecule has 0 spiro atoms. The Morgan fingerprint density at radius 3 is 2.31 bits per heavy atom. The topological polar surface area (TPSA) is 57.2 Å². The maximum Gasteiger partial charge on any atom is 0.0809 e. The highest BCUT2D eigenvalue weighted by atomic mass is 16.6. The summed E-state index contributed by atoms with van der Waals surface area (Å²) in [5.74, 6) is 0. The molecular formula is C11H22O5. The largest absolute Gasteiger partial charge is 0.394 e. The van der Waals surface area contributed by atoms with E-state index in [2.05, 4.69) is 0 Å². The van der Waals surface area contributed by atoms with Gasteiger partial charge in [-0.2, -0.15) is 0 Å². The first kappa shape index (κ1) is 13.9.